The van der Waals surface area contributed by atoms with Gasteiger partial charge in [0.05, 0.1) is 11.6 Å². The molecule has 0 amide bonds. The molecule has 3 aromatic rings. The fourth-order valence-corrected chi connectivity index (χ4v) is 2.46. The molecule has 1 aromatic heterocycles. The van der Waals surface area contributed by atoms with Crippen LogP contribution in [0, 0.1) is 11.3 Å². The molecule has 0 atom stereocenters. The van der Waals surface area contributed by atoms with Gasteiger partial charge in [0.25, 0.3) is 0 Å². The lowest BCUT2D eigenvalue weighted by atomic mass is 10.1. The second kappa shape index (κ2) is 3.64. The molecule has 0 aliphatic rings. The molecule has 0 aliphatic heterocycles. The van der Waals surface area contributed by atoms with Crippen LogP contribution in [0.1, 0.15) is 12.5 Å². The van der Waals surface area contributed by atoms with Crippen molar-refractivity contribution in [2.75, 3.05) is 0 Å². The lowest BCUT2D eigenvalue weighted by molar-refractivity contribution is 0.827. The number of para-hydroxylation sites is 1. The van der Waals surface area contributed by atoms with Crippen molar-refractivity contribution in [3.8, 4) is 6.07 Å². The summed E-state index contributed by atoms with van der Waals surface area (Å²) < 4.78 is 2.28. The molecule has 3 rings (SSSR count). The number of fused-ring (bicyclic) bond motifs is 3. The smallest absolute Gasteiger partial charge is 0.0991 e. The first-order valence-corrected chi connectivity index (χ1v) is 5.76. The number of nitriles is 1. The molecule has 0 saturated heterocycles. The van der Waals surface area contributed by atoms with Gasteiger partial charge in [-0.25, -0.2) is 0 Å². The molecular weight excluding hydrogens is 208 g/mol. The number of rotatable bonds is 1. The van der Waals surface area contributed by atoms with Crippen LogP contribution in [0.3, 0.4) is 0 Å². The zero-order valence-electron chi connectivity index (χ0n) is 9.64. The molecule has 2 aromatic carbocycles. The maximum Gasteiger partial charge on any atom is 0.0991 e. The van der Waals surface area contributed by atoms with Crippen LogP contribution in [0.2, 0.25) is 0 Å². The Hall–Kier alpha value is -2.27. The summed E-state index contributed by atoms with van der Waals surface area (Å²) in [7, 11) is 0. The van der Waals surface area contributed by atoms with E-state index in [-0.39, 0.29) is 0 Å². The largest absolute Gasteiger partial charge is 0.341 e. The zero-order valence-corrected chi connectivity index (χ0v) is 9.64. The van der Waals surface area contributed by atoms with Crippen molar-refractivity contribution in [3.05, 3.63) is 48.0 Å². The lowest BCUT2D eigenvalue weighted by Gasteiger charge is -2.01. The van der Waals surface area contributed by atoms with Crippen molar-refractivity contribution in [1.82, 2.24) is 4.57 Å². The fraction of sp³-hybridized carbons (Fsp3) is 0.133. The lowest BCUT2D eigenvalue weighted by Crippen LogP contribution is -1.92. The minimum Gasteiger partial charge on any atom is -0.341 e. The molecule has 0 fully saturated rings. The molecule has 0 bridgehead atoms. The first-order valence-electron chi connectivity index (χ1n) is 5.76. The Bertz CT molecular complexity index is 745. The number of hydrogen-bond acceptors (Lipinski definition) is 1. The van der Waals surface area contributed by atoms with E-state index >= 15 is 0 Å². The molecule has 82 valence electrons. The third-order valence-corrected chi connectivity index (χ3v) is 3.22. The Morgan fingerprint density at radius 3 is 2.59 bits per heavy atom. The van der Waals surface area contributed by atoms with Crippen molar-refractivity contribution in [3.63, 3.8) is 0 Å². The van der Waals surface area contributed by atoms with Crippen molar-refractivity contribution in [1.29, 1.82) is 5.26 Å². The molecule has 0 unspecified atom stereocenters. The topological polar surface area (TPSA) is 28.7 Å². The van der Waals surface area contributed by atoms with Crippen LogP contribution >= 0.6 is 0 Å². The van der Waals surface area contributed by atoms with Crippen molar-refractivity contribution in [2.45, 2.75) is 13.5 Å². The molecule has 0 saturated carbocycles. The minimum atomic E-state index is 0.719. The predicted molar refractivity (Wildman–Crippen MR) is 69.8 cm³/mol. The summed E-state index contributed by atoms with van der Waals surface area (Å²) in [5.41, 5.74) is 3.16. The molecule has 1 heterocycles. The number of nitrogens with zero attached hydrogens (tertiary/aromatic N) is 2. The predicted octanol–water partition coefficient (Wildman–Crippen LogP) is 3.69. The monoisotopic (exact) mass is 220 g/mol. The average Bonchev–Trinajstić information content (AvgIpc) is 2.71. The van der Waals surface area contributed by atoms with Crippen LogP contribution in [0.15, 0.2) is 42.5 Å². The van der Waals surface area contributed by atoms with Crippen LogP contribution in [0.25, 0.3) is 21.8 Å². The van der Waals surface area contributed by atoms with Gasteiger partial charge in [-0.05, 0) is 31.2 Å². The Kier molecular flexibility index (Phi) is 2.12. The summed E-state index contributed by atoms with van der Waals surface area (Å²) >= 11 is 0. The quantitative estimate of drug-likeness (QED) is 0.615. The van der Waals surface area contributed by atoms with Crippen molar-refractivity contribution in [2.24, 2.45) is 0 Å². The van der Waals surface area contributed by atoms with Crippen molar-refractivity contribution < 1.29 is 0 Å². The van der Waals surface area contributed by atoms with E-state index in [4.69, 9.17) is 5.26 Å². The van der Waals surface area contributed by atoms with Gasteiger partial charge in [-0.2, -0.15) is 5.26 Å². The van der Waals surface area contributed by atoms with Crippen LogP contribution in [0.4, 0.5) is 0 Å². The zero-order chi connectivity index (χ0) is 11.8. The average molecular weight is 220 g/mol. The number of benzene rings is 2. The van der Waals surface area contributed by atoms with Gasteiger partial charge in [-0.1, -0.05) is 18.2 Å². The minimum absolute atomic E-state index is 0.719. The van der Waals surface area contributed by atoms with E-state index in [1.807, 2.05) is 24.3 Å². The van der Waals surface area contributed by atoms with E-state index in [9.17, 15) is 0 Å². The number of aryl methyl sites for hydroxylation is 1. The standard InChI is InChI=1S/C15H12N2/c1-2-17-14-6-4-3-5-12(14)13-9-11(10-16)7-8-15(13)17/h3-9H,2H2,1H3. The van der Waals surface area contributed by atoms with Gasteiger partial charge in [0.15, 0.2) is 0 Å². The Morgan fingerprint density at radius 2 is 1.82 bits per heavy atom. The second-order valence-corrected chi connectivity index (χ2v) is 4.11. The fourth-order valence-electron chi connectivity index (χ4n) is 2.46. The summed E-state index contributed by atoms with van der Waals surface area (Å²) in [4.78, 5) is 0. The van der Waals surface area contributed by atoms with Gasteiger partial charge in [0.1, 0.15) is 0 Å². The molecule has 0 aliphatic carbocycles. The SMILES string of the molecule is CCn1c2ccccc2c2cc(C#N)ccc21. The van der Waals surface area contributed by atoms with E-state index in [0.717, 1.165) is 12.1 Å². The molecule has 0 N–H and O–H groups in total. The summed E-state index contributed by atoms with van der Waals surface area (Å²) in [5, 5.41) is 11.4. The third kappa shape index (κ3) is 1.33. The molecule has 0 radical (unpaired) electrons. The van der Waals surface area contributed by atoms with Crippen LogP contribution in [-0.4, -0.2) is 4.57 Å². The first kappa shape index (κ1) is 9.92. The highest BCUT2D eigenvalue weighted by Gasteiger charge is 2.08. The van der Waals surface area contributed by atoms with E-state index < -0.39 is 0 Å². The van der Waals surface area contributed by atoms with Crippen LogP contribution in [0.5, 0.6) is 0 Å². The Morgan fingerprint density at radius 1 is 1.06 bits per heavy atom. The summed E-state index contributed by atoms with van der Waals surface area (Å²) in [6, 6.07) is 16.4. The van der Waals surface area contributed by atoms with E-state index in [1.54, 1.807) is 0 Å². The Labute approximate surface area is 99.7 Å². The first-order chi connectivity index (χ1) is 8.35. The number of aromatic nitrogens is 1. The van der Waals surface area contributed by atoms with Gasteiger partial charge in [0, 0.05) is 28.4 Å². The normalized spacial score (nSPS) is 10.8. The third-order valence-electron chi connectivity index (χ3n) is 3.22. The van der Waals surface area contributed by atoms with Gasteiger partial charge in [0.2, 0.25) is 0 Å². The molecule has 0 spiro atoms. The summed E-state index contributed by atoms with van der Waals surface area (Å²) in [5.74, 6) is 0. The maximum atomic E-state index is 8.98. The van der Waals surface area contributed by atoms with Gasteiger partial charge in [-0.3, -0.25) is 0 Å². The second-order valence-electron chi connectivity index (χ2n) is 4.11. The maximum absolute atomic E-state index is 8.98. The van der Waals surface area contributed by atoms with Crippen LogP contribution < -0.4 is 0 Å². The molecular formula is C15H12N2. The highest BCUT2D eigenvalue weighted by atomic mass is 15.0. The van der Waals surface area contributed by atoms with Gasteiger partial charge >= 0.3 is 0 Å². The molecule has 2 heteroatoms. The van der Waals surface area contributed by atoms with Crippen molar-refractivity contribution >= 4 is 21.8 Å². The Balaban J connectivity index is 2.55. The van der Waals surface area contributed by atoms with Crippen LogP contribution in [-0.2, 0) is 6.54 Å². The highest BCUT2D eigenvalue weighted by molar-refractivity contribution is 6.08. The number of hydrogen-bond donors (Lipinski definition) is 0. The summed E-state index contributed by atoms with van der Waals surface area (Å²) in [6.45, 7) is 3.08. The van der Waals surface area contributed by atoms with E-state index in [2.05, 4.69) is 35.8 Å². The van der Waals surface area contributed by atoms with E-state index in [1.165, 1.54) is 21.8 Å². The van der Waals surface area contributed by atoms with Gasteiger partial charge < -0.3 is 4.57 Å². The molecule has 2 nitrogen and oxygen atoms in total. The molecule has 17 heavy (non-hydrogen) atoms. The van der Waals surface area contributed by atoms with E-state index in [0.29, 0.717) is 0 Å². The highest BCUT2D eigenvalue weighted by Crippen LogP contribution is 2.29. The summed E-state index contributed by atoms with van der Waals surface area (Å²) in [6.07, 6.45) is 0. The van der Waals surface area contributed by atoms with Gasteiger partial charge in [-0.15, -0.1) is 0 Å².